The summed E-state index contributed by atoms with van der Waals surface area (Å²) in [4.78, 5) is 33.7. The fourth-order valence-corrected chi connectivity index (χ4v) is 3.23. The van der Waals surface area contributed by atoms with Crippen LogP contribution >= 0.6 is 0 Å². The molecule has 8 heteroatoms. The molecule has 0 aliphatic carbocycles. The number of pyridine rings is 1. The molecule has 0 aliphatic rings. The quantitative estimate of drug-likeness (QED) is 0.513. The number of aryl methyl sites for hydroxylation is 1. The Bertz CT molecular complexity index is 1190. The van der Waals surface area contributed by atoms with Gasteiger partial charge in [0.1, 0.15) is 18.0 Å². The number of benzene rings is 1. The van der Waals surface area contributed by atoms with E-state index in [0.29, 0.717) is 12.1 Å². The summed E-state index contributed by atoms with van der Waals surface area (Å²) >= 11 is 0. The lowest BCUT2D eigenvalue weighted by atomic mass is 10.0. The van der Waals surface area contributed by atoms with Gasteiger partial charge in [-0.15, -0.1) is 0 Å². The third-order valence-electron chi connectivity index (χ3n) is 4.77. The van der Waals surface area contributed by atoms with Crippen molar-refractivity contribution in [2.24, 2.45) is 0 Å². The van der Waals surface area contributed by atoms with E-state index >= 15 is 0 Å². The van der Waals surface area contributed by atoms with Crippen LogP contribution in [0.3, 0.4) is 0 Å². The van der Waals surface area contributed by atoms with Crippen molar-refractivity contribution in [2.75, 3.05) is 18.9 Å². The Balaban J connectivity index is 1.50. The number of amides is 1. The van der Waals surface area contributed by atoms with Crippen LogP contribution in [0.4, 0.5) is 5.82 Å². The molecular weight excluding hydrogens is 378 g/mol. The summed E-state index contributed by atoms with van der Waals surface area (Å²) in [6.07, 6.45) is 7.49. The van der Waals surface area contributed by atoms with Gasteiger partial charge < -0.3 is 10.6 Å². The Kier molecular flexibility index (Phi) is 5.56. The van der Waals surface area contributed by atoms with Crippen LogP contribution in [0, 0.1) is 6.92 Å². The summed E-state index contributed by atoms with van der Waals surface area (Å²) in [5.74, 6) is 1.32. The first kappa shape index (κ1) is 19.4. The van der Waals surface area contributed by atoms with Crippen molar-refractivity contribution in [3.05, 3.63) is 72.2 Å². The number of rotatable bonds is 6. The minimum atomic E-state index is -0.119. The largest absolute Gasteiger partial charge is 0.370 e. The summed E-state index contributed by atoms with van der Waals surface area (Å²) in [6.45, 7) is 2.50. The van der Waals surface area contributed by atoms with Gasteiger partial charge in [0.05, 0.1) is 11.2 Å². The maximum atomic E-state index is 12.1. The SMILES string of the molecule is CNC(=O)c1ccc(CCNc2cc(-c3cnc(C)nc3)ncn2)c2ncccc12. The van der Waals surface area contributed by atoms with Gasteiger partial charge in [-0.05, 0) is 31.0 Å². The van der Waals surface area contributed by atoms with E-state index in [1.165, 1.54) is 6.33 Å². The van der Waals surface area contributed by atoms with Gasteiger partial charge in [-0.1, -0.05) is 12.1 Å². The van der Waals surface area contributed by atoms with Crippen LogP contribution in [0.25, 0.3) is 22.2 Å². The van der Waals surface area contributed by atoms with Crippen LogP contribution in [-0.2, 0) is 6.42 Å². The lowest BCUT2D eigenvalue weighted by Gasteiger charge is -2.11. The highest BCUT2D eigenvalue weighted by Crippen LogP contribution is 2.22. The second-order valence-corrected chi connectivity index (χ2v) is 6.74. The summed E-state index contributed by atoms with van der Waals surface area (Å²) in [7, 11) is 1.63. The minimum absolute atomic E-state index is 0.119. The van der Waals surface area contributed by atoms with Gasteiger partial charge in [-0.2, -0.15) is 0 Å². The Labute approximate surface area is 173 Å². The highest BCUT2D eigenvalue weighted by atomic mass is 16.1. The number of fused-ring (bicyclic) bond motifs is 1. The molecule has 0 radical (unpaired) electrons. The van der Waals surface area contributed by atoms with E-state index in [2.05, 4.69) is 35.6 Å². The van der Waals surface area contributed by atoms with E-state index < -0.39 is 0 Å². The predicted molar refractivity (Wildman–Crippen MR) is 115 cm³/mol. The maximum absolute atomic E-state index is 12.1. The molecule has 30 heavy (non-hydrogen) atoms. The Morgan fingerprint density at radius 1 is 1.03 bits per heavy atom. The number of nitrogens with one attached hydrogen (secondary N) is 2. The molecule has 1 amide bonds. The van der Waals surface area contributed by atoms with E-state index in [4.69, 9.17) is 0 Å². The van der Waals surface area contributed by atoms with Crippen molar-refractivity contribution in [1.29, 1.82) is 0 Å². The highest BCUT2D eigenvalue weighted by molar-refractivity contribution is 6.06. The van der Waals surface area contributed by atoms with Crippen molar-refractivity contribution < 1.29 is 4.79 Å². The Morgan fingerprint density at radius 3 is 2.67 bits per heavy atom. The number of hydrogen-bond donors (Lipinski definition) is 2. The van der Waals surface area contributed by atoms with Crippen LogP contribution < -0.4 is 10.6 Å². The van der Waals surface area contributed by atoms with Gasteiger partial charge in [-0.25, -0.2) is 19.9 Å². The first-order valence-electron chi connectivity index (χ1n) is 9.59. The minimum Gasteiger partial charge on any atom is -0.370 e. The van der Waals surface area contributed by atoms with Crippen LogP contribution in [0.15, 0.2) is 55.2 Å². The highest BCUT2D eigenvalue weighted by Gasteiger charge is 2.12. The normalized spacial score (nSPS) is 10.7. The fourth-order valence-electron chi connectivity index (χ4n) is 3.23. The number of hydrogen-bond acceptors (Lipinski definition) is 7. The van der Waals surface area contributed by atoms with Gasteiger partial charge in [0.15, 0.2) is 0 Å². The van der Waals surface area contributed by atoms with Gasteiger partial charge in [0, 0.05) is 54.8 Å². The molecule has 3 heterocycles. The van der Waals surface area contributed by atoms with Gasteiger partial charge in [0.2, 0.25) is 0 Å². The van der Waals surface area contributed by atoms with Crippen LogP contribution in [-0.4, -0.2) is 44.4 Å². The van der Waals surface area contributed by atoms with Crippen molar-refractivity contribution >= 4 is 22.6 Å². The van der Waals surface area contributed by atoms with E-state index in [1.807, 2.05) is 37.3 Å². The molecule has 0 aliphatic heterocycles. The third kappa shape index (κ3) is 4.07. The summed E-state index contributed by atoms with van der Waals surface area (Å²) in [5.41, 5.74) is 4.12. The van der Waals surface area contributed by atoms with Gasteiger partial charge in [0.25, 0.3) is 5.91 Å². The molecule has 150 valence electrons. The third-order valence-corrected chi connectivity index (χ3v) is 4.77. The molecule has 2 N–H and O–H groups in total. The van der Waals surface area contributed by atoms with Crippen molar-refractivity contribution in [1.82, 2.24) is 30.2 Å². The zero-order chi connectivity index (χ0) is 20.9. The molecule has 0 atom stereocenters. The Morgan fingerprint density at radius 2 is 1.87 bits per heavy atom. The molecule has 0 saturated heterocycles. The van der Waals surface area contributed by atoms with E-state index in [1.54, 1.807) is 25.6 Å². The summed E-state index contributed by atoms with van der Waals surface area (Å²) in [6, 6.07) is 9.44. The second-order valence-electron chi connectivity index (χ2n) is 6.74. The molecular formula is C22H21N7O. The zero-order valence-electron chi connectivity index (χ0n) is 16.8. The zero-order valence-corrected chi connectivity index (χ0v) is 16.8. The van der Waals surface area contributed by atoms with Crippen molar-refractivity contribution in [3.63, 3.8) is 0 Å². The van der Waals surface area contributed by atoms with Gasteiger partial charge >= 0.3 is 0 Å². The molecule has 0 saturated carbocycles. The monoisotopic (exact) mass is 399 g/mol. The van der Waals surface area contributed by atoms with Crippen LogP contribution in [0.5, 0.6) is 0 Å². The molecule has 1 aromatic carbocycles. The van der Waals surface area contributed by atoms with Crippen LogP contribution in [0.1, 0.15) is 21.7 Å². The average Bonchev–Trinajstić information content (AvgIpc) is 2.79. The number of anilines is 1. The molecule has 4 rings (SSSR count). The number of carbonyl (C=O) groups excluding carboxylic acids is 1. The molecule has 0 spiro atoms. The van der Waals surface area contributed by atoms with E-state index in [9.17, 15) is 4.79 Å². The average molecular weight is 399 g/mol. The number of nitrogens with zero attached hydrogens (tertiary/aromatic N) is 5. The molecule has 4 aromatic rings. The van der Waals surface area contributed by atoms with E-state index in [0.717, 1.165) is 45.8 Å². The second kappa shape index (κ2) is 8.60. The predicted octanol–water partition coefficient (Wildman–Crippen LogP) is 2.80. The Hall–Kier alpha value is -3.94. The standard InChI is InChI=1S/C22H21N7O/c1-14-26-11-16(12-27-14)19-10-20(29-13-28-19)24-9-7-15-5-6-18(22(30)23-2)17-4-3-8-25-21(15)17/h3-6,8,10-13H,7,9H2,1-2H3,(H,23,30)(H,24,28,29). The fraction of sp³-hybridized carbons (Fsp3) is 0.182. The van der Waals surface area contributed by atoms with Crippen LogP contribution in [0.2, 0.25) is 0 Å². The molecule has 3 aromatic heterocycles. The first-order chi connectivity index (χ1) is 14.7. The smallest absolute Gasteiger partial charge is 0.251 e. The van der Waals surface area contributed by atoms with E-state index in [-0.39, 0.29) is 5.91 Å². The molecule has 0 fully saturated rings. The summed E-state index contributed by atoms with van der Waals surface area (Å²) < 4.78 is 0. The van der Waals surface area contributed by atoms with Crippen molar-refractivity contribution in [3.8, 4) is 11.3 Å². The van der Waals surface area contributed by atoms with Crippen molar-refractivity contribution in [2.45, 2.75) is 13.3 Å². The molecule has 0 unspecified atom stereocenters. The lowest BCUT2D eigenvalue weighted by Crippen LogP contribution is -2.18. The number of aromatic nitrogens is 5. The maximum Gasteiger partial charge on any atom is 0.251 e. The lowest BCUT2D eigenvalue weighted by molar-refractivity contribution is 0.0964. The number of carbonyl (C=O) groups is 1. The topological polar surface area (TPSA) is 106 Å². The first-order valence-corrected chi connectivity index (χ1v) is 9.59. The molecule has 0 bridgehead atoms. The van der Waals surface area contributed by atoms with Gasteiger partial charge in [-0.3, -0.25) is 9.78 Å². The molecule has 8 nitrogen and oxygen atoms in total. The summed E-state index contributed by atoms with van der Waals surface area (Å²) in [5, 5.41) is 6.85.